The quantitative estimate of drug-likeness (QED) is 0.840. The highest BCUT2D eigenvalue weighted by Gasteiger charge is 2.53. The smallest absolute Gasteiger partial charge is 0.307 e. The van der Waals surface area contributed by atoms with Crippen LogP contribution in [0.1, 0.15) is 52.4 Å². The van der Waals surface area contributed by atoms with Crippen LogP contribution in [0.15, 0.2) is 0 Å². The number of carboxylic acid groups (broad SMARTS) is 1. The van der Waals surface area contributed by atoms with E-state index < -0.39 is 5.97 Å². The van der Waals surface area contributed by atoms with Crippen molar-refractivity contribution in [2.75, 3.05) is 13.6 Å². The number of rotatable bonds is 5. The van der Waals surface area contributed by atoms with Crippen LogP contribution < -0.4 is 0 Å². The van der Waals surface area contributed by atoms with Crippen LogP contribution >= 0.6 is 0 Å². The Kier molecular flexibility index (Phi) is 3.60. The lowest BCUT2D eigenvalue weighted by atomic mass is 9.47. The molecule has 0 amide bonds. The summed E-state index contributed by atoms with van der Waals surface area (Å²) in [4.78, 5) is 13.4. The second-order valence-corrected chi connectivity index (χ2v) is 8.13. The maximum Gasteiger partial charge on any atom is 0.307 e. The lowest BCUT2D eigenvalue weighted by molar-refractivity contribution is -0.143. The van der Waals surface area contributed by atoms with E-state index in [1.54, 1.807) is 0 Å². The number of aliphatic carboxylic acids is 1. The minimum atomic E-state index is -0.672. The molecule has 3 heteroatoms. The lowest BCUT2D eigenvalue weighted by Crippen LogP contribution is -2.55. The van der Waals surface area contributed by atoms with Gasteiger partial charge in [0.1, 0.15) is 0 Å². The monoisotopic (exact) mass is 279 g/mol. The third-order valence-electron chi connectivity index (χ3n) is 6.62. The van der Waals surface area contributed by atoms with E-state index in [1.807, 2.05) is 6.92 Å². The van der Waals surface area contributed by atoms with Crippen LogP contribution in [0, 0.1) is 29.1 Å². The summed E-state index contributed by atoms with van der Waals surface area (Å²) in [5.41, 5.74) is 0.488. The van der Waals surface area contributed by atoms with Crippen molar-refractivity contribution in [1.29, 1.82) is 0 Å². The van der Waals surface area contributed by atoms with Crippen molar-refractivity contribution >= 4 is 5.97 Å². The molecular weight excluding hydrogens is 250 g/mol. The molecule has 4 rings (SSSR count). The molecule has 0 spiro atoms. The summed E-state index contributed by atoms with van der Waals surface area (Å²) in [6, 6.07) is 0.526. The molecule has 4 aliphatic rings. The van der Waals surface area contributed by atoms with Gasteiger partial charge in [0.2, 0.25) is 0 Å². The van der Waals surface area contributed by atoms with Gasteiger partial charge in [-0.2, -0.15) is 0 Å². The highest BCUT2D eigenvalue weighted by Crippen LogP contribution is 2.61. The molecule has 0 heterocycles. The van der Waals surface area contributed by atoms with Crippen LogP contribution in [0.3, 0.4) is 0 Å². The van der Waals surface area contributed by atoms with Crippen LogP contribution in [0.5, 0.6) is 0 Å². The van der Waals surface area contributed by atoms with Crippen LogP contribution in [0.25, 0.3) is 0 Å². The van der Waals surface area contributed by atoms with E-state index in [9.17, 15) is 4.79 Å². The summed E-state index contributed by atoms with van der Waals surface area (Å²) in [6.45, 7) is 4.85. The van der Waals surface area contributed by atoms with E-state index in [1.165, 1.54) is 38.5 Å². The van der Waals surface area contributed by atoms with Gasteiger partial charge in [0.25, 0.3) is 0 Å². The molecule has 0 aromatic heterocycles. The van der Waals surface area contributed by atoms with E-state index in [4.69, 9.17) is 5.11 Å². The van der Waals surface area contributed by atoms with E-state index >= 15 is 0 Å². The fourth-order valence-corrected chi connectivity index (χ4v) is 5.82. The molecule has 4 aliphatic carbocycles. The predicted molar refractivity (Wildman–Crippen MR) is 79.5 cm³/mol. The number of hydrogen-bond donors (Lipinski definition) is 1. The lowest BCUT2D eigenvalue weighted by Gasteiger charge is -2.60. The third kappa shape index (κ3) is 2.38. The predicted octanol–water partition coefficient (Wildman–Crippen LogP) is 3.24. The Labute approximate surface area is 122 Å². The number of carboxylic acids is 1. The standard InChI is InChI=1S/C17H29NO2/c1-11(16(19)20)10-18(3)12(2)17-7-13-4-14(8-17)6-15(5-13)9-17/h11-15H,4-10H2,1-3H3,(H,19,20). The molecule has 3 nitrogen and oxygen atoms in total. The van der Waals surface area contributed by atoms with E-state index in [0.29, 0.717) is 18.0 Å². The number of carbonyl (C=O) groups is 1. The third-order valence-corrected chi connectivity index (χ3v) is 6.62. The maximum absolute atomic E-state index is 11.1. The van der Waals surface area contributed by atoms with Crippen LogP contribution in [0.4, 0.5) is 0 Å². The normalized spacial score (nSPS) is 41.9. The van der Waals surface area contributed by atoms with Crippen molar-refractivity contribution in [1.82, 2.24) is 4.90 Å². The van der Waals surface area contributed by atoms with Gasteiger partial charge in [-0.3, -0.25) is 4.79 Å². The summed E-state index contributed by atoms with van der Waals surface area (Å²) in [6.07, 6.45) is 8.60. The largest absolute Gasteiger partial charge is 0.481 e. The molecule has 0 radical (unpaired) electrons. The van der Waals surface area contributed by atoms with E-state index in [0.717, 1.165) is 17.8 Å². The van der Waals surface area contributed by atoms with E-state index in [-0.39, 0.29) is 5.92 Å². The fraction of sp³-hybridized carbons (Fsp3) is 0.941. The molecule has 0 aromatic carbocycles. The van der Waals surface area contributed by atoms with E-state index in [2.05, 4.69) is 18.9 Å². The van der Waals surface area contributed by atoms with Crippen molar-refractivity contribution < 1.29 is 9.90 Å². The molecule has 4 saturated carbocycles. The van der Waals surface area contributed by atoms with Crippen molar-refractivity contribution in [3.63, 3.8) is 0 Å². The average molecular weight is 279 g/mol. The van der Waals surface area contributed by atoms with Gasteiger partial charge in [-0.05, 0) is 75.7 Å². The number of nitrogens with zero attached hydrogens (tertiary/aromatic N) is 1. The first-order valence-corrected chi connectivity index (χ1v) is 8.32. The van der Waals surface area contributed by atoms with Gasteiger partial charge in [-0.25, -0.2) is 0 Å². The molecule has 1 N–H and O–H groups in total. The minimum Gasteiger partial charge on any atom is -0.481 e. The minimum absolute atomic E-state index is 0.267. The first kappa shape index (κ1) is 14.4. The summed E-state index contributed by atoms with van der Waals surface area (Å²) in [5.74, 6) is 1.96. The van der Waals surface area contributed by atoms with Gasteiger partial charge in [-0.15, -0.1) is 0 Å². The second-order valence-electron chi connectivity index (χ2n) is 8.13. The summed E-state index contributed by atoms with van der Waals surface area (Å²) in [7, 11) is 2.13. The second kappa shape index (κ2) is 5.01. The first-order chi connectivity index (χ1) is 9.39. The van der Waals surface area contributed by atoms with Crippen LogP contribution in [0.2, 0.25) is 0 Å². The Bertz CT molecular complexity index is 357. The van der Waals surface area contributed by atoms with Crippen LogP contribution in [-0.4, -0.2) is 35.6 Å². The summed E-state index contributed by atoms with van der Waals surface area (Å²) >= 11 is 0. The van der Waals surface area contributed by atoms with Gasteiger partial charge in [-0.1, -0.05) is 6.92 Å². The Morgan fingerprint density at radius 1 is 1.15 bits per heavy atom. The van der Waals surface area contributed by atoms with Crippen molar-refractivity contribution in [2.24, 2.45) is 29.1 Å². The average Bonchev–Trinajstić information content (AvgIpc) is 2.35. The highest BCUT2D eigenvalue weighted by atomic mass is 16.4. The molecule has 0 aromatic rings. The molecule has 20 heavy (non-hydrogen) atoms. The fourth-order valence-electron chi connectivity index (χ4n) is 5.82. The zero-order valence-corrected chi connectivity index (χ0v) is 13.1. The summed E-state index contributed by atoms with van der Waals surface area (Å²) < 4.78 is 0. The molecule has 0 saturated heterocycles. The zero-order chi connectivity index (χ0) is 14.5. The summed E-state index contributed by atoms with van der Waals surface area (Å²) in [5, 5.41) is 9.12. The van der Waals surface area contributed by atoms with Crippen molar-refractivity contribution in [3.05, 3.63) is 0 Å². The van der Waals surface area contributed by atoms with Gasteiger partial charge in [0.15, 0.2) is 0 Å². The van der Waals surface area contributed by atoms with Gasteiger partial charge >= 0.3 is 5.97 Å². The topological polar surface area (TPSA) is 40.5 Å². The molecular formula is C17H29NO2. The Morgan fingerprint density at radius 3 is 2.00 bits per heavy atom. The zero-order valence-electron chi connectivity index (χ0n) is 13.1. The molecule has 4 bridgehead atoms. The maximum atomic E-state index is 11.1. The molecule has 2 atom stereocenters. The molecule has 0 aliphatic heterocycles. The Morgan fingerprint density at radius 2 is 1.60 bits per heavy atom. The van der Waals surface area contributed by atoms with Gasteiger partial charge in [0, 0.05) is 12.6 Å². The van der Waals surface area contributed by atoms with Crippen molar-refractivity contribution in [3.8, 4) is 0 Å². The Hall–Kier alpha value is -0.570. The molecule has 114 valence electrons. The Balaban J connectivity index is 1.70. The number of hydrogen-bond acceptors (Lipinski definition) is 2. The van der Waals surface area contributed by atoms with Gasteiger partial charge < -0.3 is 10.0 Å². The molecule has 2 unspecified atom stereocenters. The molecule has 4 fully saturated rings. The van der Waals surface area contributed by atoms with Crippen LogP contribution in [-0.2, 0) is 4.79 Å². The first-order valence-electron chi connectivity index (χ1n) is 8.32. The SMILES string of the molecule is CC(CN(C)C(C)C12CC3CC(CC(C3)C1)C2)C(=O)O. The van der Waals surface area contributed by atoms with Crippen molar-refractivity contribution in [2.45, 2.75) is 58.4 Å². The van der Waals surface area contributed by atoms with Gasteiger partial charge in [0.05, 0.1) is 5.92 Å². The highest BCUT2D eigenvalue weighted by molar-refractivity contribution is 5.69.